The molecule has 0 unspecified atom stereocenters. The first-order valence-corrected chi connectivity index (χ1v) is 7.85. The third-order valence-electron chi connectivity index (χ3n) is 3.77. The highest BCUT2D eigenvalue weighted by Gasteiger charge is 2.18. The quantitative estimate of drug-likeness (QED) is 0.798. The zero-order valence-corrected chi connectivity index (χ0v) is 13.4. The fourth-order valence-corrected chi connectivity index (χ4v) is 2.88. The van der Waals surface area contributed by atoms with Crippen molar-refractivity contribution in [2.75, 3.05) is 12.4 Å². The maximum absolute atomic E-state index is 12.2. The average molecular weight is 304 g/mol. The Morgan fingerprint density at radius 1 is 1.14 bits per heavy atom. The van der Waals surface area contributed by atoms with Gasteiger partial charge in [0.15, 0.2) is 0 Å². The van der Waals surface area contributed by atoms with Gasteiger partial charge in [-0.25, -0.2) is 0 Å². The second-order valence-electron chi connectivity index (χ2n) is 6.19. The largest absolute Gasteiger partial charge is 0.355 e. The van der Waals surface area contributed by atoms with Crippen LogP contribution < -0.4 is 5.32 Å². The Hall–Kier alpha value is -1.54. The van der Waals surface area contributed by atoms with Crippen molar-refractivity contribution in [1.82, 2.24) is 5.32 Å². The zero-order valence-electron chi connectivity index (χ0n) is 12.7. The molecule has 2 nitrogen and oxygen atoms in total. The summed E-state index contributed by atoms with van der Waals surface area (Å²) in [6.07, 6.45) is 1.31. The summed E-state index contributed by atoms with van der Waals surface area (Å²) < 4.78 is 0. The van der Waals surface area contributed by atoms with Gasteiger partial charge >= 0.3 is 0 Å². The van der Waals surface area contributed by atoms with E-state index in [0.717, 1.165) is 17.4 Å². The van der Waals surface area contributed by atoms with Crippen LogP contribution >= 0.6 is 11.6 Å². The van der Waals surface area contributed by atoms with Crippen molar-refractivity contribution in [3.8, 4) is 0 Å². The van der Waals surface area contributed by atoms with Crippen LogP contribution in [0.25, 0.3) is 10.8 Å². The van der Waals surface area contributed by atoms with Gasteiger partial charge in [-0.05, 0) is 28.2 Å². The second kappa shape index (κ2) is 6.95. The van der Waals surface area contributed by atoms with E-state index in [-0.39, 0.29) is 11.3 Å². The Balaban J connectivity index is 2.02. The van der Waals surface area contributed by atoms with Crippen LogP contribution in [0.4, 0.5) is 0 Å². The smallest absolute Gasteiger partial charge is 0.224 e. The highest BCUT2D eigenvalue weighted by molar-refractivity contribution is 6.17. The van der Waals surface area contributed by atoms with Gasteiger partial charge in [0.05, 0.1) is 6.42 Å². The van der Waals surface area contributed by atoms with Crippen molar-refractivity contribution < 1.29 is 4.79 Å². The summed E-state index contributed by atoms with van der Waals surface area (Å²) in [5, 5.41) is 5.34. The van der Waals surface area contributed by atoms with Crippen LogP contribution in [0, 0.1) is 5.41 Å². The van der Waals surface area contributed by atoms with Crippen molar-refractivity contribution in [3.63, 3.8) is 0 Å². The number of carbonyl (C=O) groups excluding carboxylic acids is 1. The fourth-order valence-electron chi connectivity index (χ4n) is 2.36. The Kier molecular flexibility index (Phi) is 5.24. The normalized spacial score (nSPS) is 11.6. The molecule has 0 aliphatic rings. The van der Waals surface area contributed by atoms with Crippen LogP contribution in [-0.4, -0.2) is 18.3 Å². The molecule has 0 saturated heterocycles. The van der Waals surface area contributed by atoms with Crippen molar-refractivity contribution in [2.24, 2.45) is 5.41 Å². The topological polar surface area (TPSA) is 29.1 Å². The van der Waals surface area contributed by atoms with E-state index in [1.807, 2.05) is 24.3 Å². The number of alkyl halides is 1. The van der Waals surface area contributed by atoms with E-state index in [9.17, 15) is 4.79 Å². The lowest BCUT2D eigenvalue weighted by atomic mass is 9.90. The van der Waals surface area contributed by atoms with Crippen LogP contribution in [0.2, 0.25) is 0 Å². The number of carbonyl (C=O) groups is 1. The maximum Gasteiger partial charge on any atom is 0.224 e. The molecule has 2 rings (SSSR count). The van der Waals surface area contributed by atoms with E-state index < -0.39 is 0 Å². The van der Waals surface area contributed by atoms with Crippen molar-refractivity contribution in [1.29, 1.82) is 0 Å². The van der Waals surface area contributed by atoms with Gasteiger partial charge in [-0.1, -0.05) is 56.3 Å². The lowest BCUT2D eigenvalue weighted by Crippen LogP contribution is -2.35. The highest BCUT2D eigenvalue weighted by Crippen LogP contribution is 2.21. The first-order valence-electron chi connectivity index (χ1n) is 7.31. The van der Waals surface area contributed by atoms with Crippen LogP contribution in [0.1, 0.15) is 25.8 Å². The van der Waals surface area contributed by atoms with Crippen molar-refractivity contribution >= 4 is 28.3 Å². The standard InChI is InChI=1S/C18H22ClNO/c1-18(2,10-11-19)13-20-17(21)12-15-8-5-7-14-6-3-4-9-16(14)15/h3-9H,10-13H2,1-2H3,(H,20,21). The van der Waals surface area contributed by atoms with E-state index in [2.05, 4.69) is 37.4 Å². The number of amides is 1. The number of hydrogen-bond donors (Lipinski definition) is 1. The van der Waals surface area contributed by atoms with E-state index in [1.165, 1.54) is 5.39 Å². The van der Waals surface area contributed by atoms with Gasteiger partial charge in [-0.2, -0.15) is 0 Å². The minimum Gasteiger partial charge on any atom is -0.355 e. The molecule has 1 amide bonds. The molecule has 0 radical (unpaired) electrons. The van der Waals surface area contributed by atoms with E-state index >= 15 is 0 Å². The molecule has 112 valence electrons. The summed E-state index contributed by atoms with van der Waals surface area (Å²) in [6.45, 7) is 4.89. The van der Waals surface area contributed by atoms with Crippen molar-refractivity contribution in [2.45, 2.75) is 26.7 Å². The summed E-state index contributed by atoms with van der Waals surface area (Å²) in [4.78, 5) is 12.2. The maximum atomic E-state index is 12.2. The minimum absolute atomic E-state index is 0.0379. The minimum atomic E-state index is 0.0379. The number of rotatable bonds is 6. The molecule has 0 atom stereocenters. The van der Waals surface area contributed by atoms with Gasteiger partial charge in [-0.15, -0.1) is 11.6 Å². The molecule has 0 heterocycles. The summed E-state index contributed by atoms with van der Waals surface area (Å²) in [6, 6.07) is 14.2. The Morgan fingerprint density at radius 3 is 2.62 bits per heavy atom. The Labute approximate surface area is 131 Å². The number of nitrogens with one attached hydrogen (secondary N) is 1. The van der Waals surface area contributed by atoms with Gasteiger partial charge < -0.3 is 5.32 Å². The molecule has 0 spiro atoms. The van der Waals surface area contributed by atoms with Gasteiger partial charge in [0.1, 0.15) is 0 Å². The molecule has 0 aliphatic heterocycles. The van der Waals surface area contributed by atoms with E-state index in [0.29, 0.717) is 18.8 Å². The van der Waals surface area contributed by atoms with Crippen LogP contribution in [0.3, 0.4) is 0 Å². The highest BCUT2D eigenvalue weighted by atomic mass is 35.5. The molecule has 2 aromatic rings. The van der Waals surface area contributed by atoms with Crippen LogP contribution in [0.15, 0.2) is 42.5 Å². The van der Waals surface area contributed by atoms with Gasteiger partial charge in [0.2, 0.25) is 5.91 Å². The van der Waals surface area contributed by atoms with Crippen LogP contribution in [-0.2, 0) is 11.2 Å². The first kappa shape index (κ1) is 15.8. The predicted molar refractivity (Wildman–Crippen MR) is 89.8 cm³/mol. The summed E-state index contributed by atoms with van der Waals surface area (Å²) in [7, 11) is 0. The number of benzene rings is 2. The first-order chi connectivity index (χ1) is 10.0. The van der Waals surface area contributed by atoms with Gasteiger partial charge in [0, 0.05) is 12.4 Å². The third kappa shape index (κ3) is 4.47. The molecule has 2 aromatic carbocycles. The van der Waals surface area contributed by atoms with Gasteiger partial charge in [-0.3, -0.25) is 4.79 Å². The lowest BCUT2D eigenvalue weighted by Gasteiger charge is -2.23. The van der Waals surface area contributed by atoms with Crippen LogP contribution in [0.5, 0.6) is 0 Å². The van der Waals surface area contributed by atoms with Gasteiger partial charge in [0.25, 0.3) is 0 Å². The molecule has 0 aliphatic carbocycles. The molecule has 1 N–H and O–H groups in total. The second-order valence-corrected chi connectivity index (χ2v) is 6.57. The number of halogens is 1. The zero-order chi connectivity index (χ0) is 15.3. The average Bonchev–Trinajstić information content (AvgIpc) is 2.46. The summed E-state index contributed by atoms with van der Waals surface area (Å²) in [5.41, 5.74) is 1.11. The molecular weight excluding hydrogens is 282 g/mol. The predicted octanol–water partition coefficient (Wildman–Crippen LogP) is 4.15. The summed E-state index contributed by atoms with van der Waals surface area (Å²) >= 11 is 5.78. The molecule has 0 saturated carbocycles. The molecular formula is C18H22ClNO. The number of hydrogen-bond acceptors (Lipinski definition) is 1. The summed E-state index contributed by atoms with van der Waals surface area (Å²) in [5.74, 6) is 0.681. The number of fused-ring (bicyclic) bond motifs is 1. The molecule has 0 bridgehead atoms. The molecule has 3 heteroatoms. The van der Waals surface area contributed by atoms with Crippen molar-refractivity contribution in [3.05, 3.63) is 48.0 Å². The Morgan fingerprint density at radius 2 is 1.86 bits per heavy atom. The van der Waals surface area contributed by atoms with E-state index in [4.69, 9.17) is 11.6 Å². The molecule has 0 fully saturated rings. The van der Waals surface area contributed by atoms with E-state index in [1.54, 1.807) is 0 Å². The third-order valence-corrected chi connectivity index (χ3v) is 3.96. The molecule has 0 aromatic heterocycles. The lowest BCUT2D eigenvalue weighted by molar-refractivity contribution is -0.120. The molecule has 21 heavy (non-hydrogen) atoms. The fraction of sp³-hybridized carbons (Fsp3) is 0.389. The Bertz CT molecular complexity index is 616. The SMILES string of the molecule is CC(C)(CCCl)CNC(=O)Cc1cccc2ccccc12. The monoisotopic (exact) mass is 303 g/mol.